The molecule has 0 bridgehead atoms. The van der Waals surface area contributed by atoms with Crippen LogP contribution in [-0.2, 0) is 0 Å². The Morgan fingerprint density at radius 1 is 1.58 bits per heavy atom. The number of nitrogens with zero attached hydrogens (tertiary/aromatic N) is 2. The first-order chi connectivity index (χ1) is 9.11. The average Bonchev–Trinajstić information content (AvgIpc) is 2.87. The molecule has 1 aliphatic rings. The van der Waals surface area contributed by atoms with Gasteiger partial charge < -0.3 is 10.2 Å². The first kappa shape index (κ1) is 13.5. The highest BCUT2D eigenvalue weighted by molar-refractivity contribution is 5.95. The van der Waals surface area contributed by atoms with Crippen molar-refractivity contribution in [2.45, 2.75) is 6.42 Å². The van der Waals surface area contributed by atoms with E-state index < -0.39 is 4.92 Å². The molecule has 102 valence electrons. The maximum atomic E-state index is 12.3. The van der Waals surface area contributed by atoms with Crippen molar-refractivity contribution in [1.29, 1.82) is 0 Å². The molecule has 1 aromatic carbocycles. The molecule has 0 aliphatic carbocycles. The van der Waals surface area contributed by atoms with Gasteiger partial charge in [0.2, 0.25) is 0 Å². The topological polar surface area (TPSA) is 75.5 Å². The number of likely N-dealkylation sites (tertiary alicyclic amines) is 1. The number of carbonyl (C=O) groups is 1. The Labute approximate surface area is 111 Å². The maximum Gasteiger partial charge on any atom is 0.270 e. The molecule has 1 unspecified atom stereocenters. The van der Waals surface area contributed by atoms with Crippen LogP contribution in [0.4, 0.5) is 5.69 Å². The van der Waals surface area contributed by atoms with E-state index in [-0.39, 0.29) is 11.6 Å². The van der Waals surface area contributed by atoms with Crippen LogP contribution in [0.2, 0.25) is 0 Å². The van der Waals surface area contributed by atoms with Gasteiger partial charge in [-0.3, -0.25) is 14.9 Å². The molecule has 0 spiro atoms. The molecule has 0 aromatic heterocycles. The lowest BCUT2D eigenvalue weighted by Crippen LogP contribution is -2.30. The summed E-state index contributed by atoms with van der Waals surface area (Å²) < 4.78 is 0. The molecule has 1 fully saturated rings. The minimum Gasteiger partial charge on any atom is -0.338 e. The van der Waals surface area contributed by atoms with Gasteiger partial charge in [-0.1, -0.05) is 6.07 Å². The van der Waals surface area contributed by atoms with Crippen LogP contribution in [0, 0.1) is 16.0 Å². The third-order valence-corrected chi connectivity index (χ3v) is 3.37. The van der Waals surface area contributed by atoms with Crippen LogP contribution < -0.4 is 5.32 Å². The largest absolute Gasteiger partial charge is 0.338 e. The number of nitro benzene ring substituents is 1. The Kier molecular flexibility index (Phi) is 4.11. The van der Waals surface area contributed by atoms with E-state index in [2.05, 4.69) is 5.32 Å². The molecule has 0 radical (unpaired) electrons. The molecule has 6 heteroatoms. The Hall–Kier alpha value is -1.95. The van der Waals surface area contributed by atoms with Crippen molar-refractivity contribution in [3.05, 3.63) is 39.9 Å². The number of hydrogen-bond donors (Lipinski definition) is 1. The van der Waals surface area contributed by atoms with Gasteiger partial charge in [-0.25, -0.2) is 0 Å². The standard InChI is InChI=1S/C13H17N3O3/c1-14-8-10-5-6-15(9-10)13(17)11-3-2-4-12(7-11)16(18)19/h2-4,7,10,14H,5-6,8-9H2,1H3. The molecular formula is C13H17N3O3. The summed E-state index contributed by atoms with van der Waals surface area (Å²) in [5, 5.41) is 13.8. The van der Waals surface area contributed by atoms with E-state index in [0.29, 0.717) is 24.6 Å². The second-order valence-corrected chi connectivity index (χ2v) is 4.77. The van der Waals surface area contributed by atoms with Crippen LogP contribution in [0.3, 0.4) is 0 Å². The summed E-state index contributed by atoms with van der Waals surface area (Å²) in [5.74, 6) is 0.343. The Balaban J connectivity index is 2.08. The smallest absolute Gasteiger partial charge is 0.270 e. The normalized spacial score (nSPS) is 18.6. The molecule has 1 N–H and O–H groups in total. The Morgan fingerprint density at radius 3 is 3.05 bits per heavy atom. The molecule has 1 aromatic rings. The lowest BCUT2D eigenvalue weighted by molar-refractivity contribution is -0.384. The molecule has 1 amide bonds. The van der Waals surface area contributed by atoms with Crippen LogP contribution >= 0.6 is 0 Å². The number of hydrogen-bond acceptors (Lipinski definition) is 4. The average molecular weight is 263 g/mol. The zero-order valence-electron chi connectivity index (χ0n) is 10.8. The Bertz CT molecular complexity index is 490. The van der Waals surface area contributed by atoms with Crippen molar-refractivity contribution in [3.8, 4) is 0 Å². The molecule has 1 heterocycles. The minimum atomic E-state index is -0.482. The van der Waals surface area contributed by atoms with Crippen LogP contribution in [0.25, 0.3) is 0 Å². The monoisotopic (exact) mass is 263 g/mol. The van der Waals surface area contributed by atoms with Gasteiger partial charge >= 0.3 is 0 Å². The van der Waals surface area contributed by atoms with Crippen LogP contribution in [-0.4, -0.2) is 42.4 Å². The van der Waals surface area contributed by atoms with E-state index in [0.717, 1.165) is 13.0 Å². The van der Waals surface area contributed by atoms with Gasteiger partial charge in [0, 0.05) is 30.8 Å². The van der Waals surface area contributed by atoms with Crippen LogP contribution in [0.15, 0.2) is 24.3 Å². The third kappa shape index (κ3) is 3.08. The summed E-state index contributed by atoms with van der Waals surface area (Å²) in [5.41, 5.74) is 0.344. The van der Waals surface area contributed by atoms with E-state index in [1.165, 1.54) is 12.1 Å². The summed E-state index contributed by atoms with van der Waals surface area (Å²) in [6.07, 6.45) is 0.974. The first-order valence-electron chi connectivity index (χ1n) is 6.30. The minimum absolute atomic E-state index is 0.0446. The fourth-order valence-electron chi connectivity index (χ4n) is 2.41. The van der Waals surface area contributed by atoms with Gasteiger partial charge in [-0.15, -0.1) is 0 Å². The SMILES string of the molecule is CNCC1CCN(C(=O)c2cccc([N+](=O)[O-])c2)C1. The summed E-state index contributed by atoms with van der Waals surface area (Å²) in [6, 6.07) is 5.91. The fourth-order valence-corrected chi connectivity index (χ4v) is 2.41. The summed E-state index contributed by atoms with van der Waals surface area (Å²) in [6.45, 7) is 2.31. The summed E-state index contributed by atoms with van der Waals surface area (Å²) >= 11 is 0. The number of non-ortho nitro benzene ring substituents is 1. The van der Waals surface area contributed by atoms with E-state index in [1.54, 1.807) is 17.0 Å². The lowest BCUT2D eigenvalue weighted by Gasteiger charge is -2.16. The number of benzene rings is 1. The molecule has 0 saturated carbocycles. The number of rotatable bonds is 4. The fraction of sp³-hybridized carbons (Fsp3) is 0.462. The van der Waals surface area contributed by atoms with Gasteiger partial charge in [0.15, 0.2) is 0 Å². The molecule has 1 saturated heterocycles. The molecule has 2 rings (SSSR count). The maximum absolute atomic E-state index is 12.3. The second-order valence-electron chi connectivity index (χ2n) is 4.77. The predicted molar refractivity (Wildman–Crippen MR) is 71.0 cm³/mol. The van der Waals surface area contributed by atoms with Crippen molar-refractivity contribution in [2.75, 3.05) is 26.7 Å². The quantitative estimate of drug-likeness (QED) is 0.655. The van der Waals surface area contributed by atoms with Crippen molar-refractivity contribution in [2.24, 2.45) is 5.92 Å². The van der Waals surface area contributed by atoms with Crippen molar-refractivity contribution >= 4 is 11.6 Å². The van der Waals surface area contributed by atoms with Crippen LogP contribution in [0.5, 0.6) is 0 Å². The number of nitrogens with one attached hydrogen (secondary N) is 1. The van der Waals surface area contributed by atoms with E-state index >= 15 is 0 Å². The predicted octanol–water partition coefficient (Wildman–Crippen LogP) is 1.28. The van der Waals surface area contributed by atoms with E-state index in [9.17, 15) is 14.9 Å². The molecular weight excluding hydrogens is 246 g/mol. The number of carbonyl (C=O) groups excluding carboxylic acids is 1. The highest BCUT2D eigenvalue weighted by Gasteiger charge is 2.27. The highest BCUT2D eigenvalue weighted by atomic mass is 16.6. The van der Waals surface area contributed by atoms with Crippen molar-refractivity contribution in [1.82, 2.24) is 10.2 Å². The van der Waals surface area contributed by atoms with Gasteiger partial charge in [0.25, 0.3) is 11.6 Å². The van der Waals surface area contributed by atoms with Gasteiger partial charge in [-0.05, 0) is 32.0 Å². The van der Waals surface area contributed by atoms with Crippen LogP contribution in [0.1, 0.15) is 16.8 Å². The summed E-state index contributed by atoms with van der Waals surface area (Å²) in [7, 11) is 1.89. The zero-order valence-corrected chi connectivity index (χ0v) is 10.8. The van der Waals surface area contributed by atoms with E-state index in [4.69, 9.17) is 0 Å². The van der Waals surface area contributed by atoms with Gasteiger partial charge in [0.05, 0.1) is 4.92 Å². The lowest BCUT2D eigenvalue weighted by atomic mass is 10.1. The first-order valence-corrected chi connectivity index (χ1v) is 6.30. The second kappa shape index (κ2) is 5.79. The molecule has 19 heavy (non-hydrogen) atoms. The van der Waals surface area contributed by atoms with E-state index in [1.807, 2.05) is 7.05 Å². The van der Waals surface area contributed by atoms with Gasteiger partial charge in [-0.2, -0.15) is 0 Å². The molecule has 1 atom stereocenters. The highest BCUT2D eigenvalue weighted by Crippen LogP contribution is 2.20. The Morgan fingerprint density at radius 2 is 2.37 bits per heavy atom. The third-order valence-electron chi connectivity index (χ3n) is 3.37. The number of nitro groups is 1. The molecule has 1 aliphatic heterocycles. The van der Waals surface area contributed by atoms with Crippen molar-refractivity contribution in [3.63, 3.8) is 0 Å². The summed E-state index contributed by atoms with van der Waals surface area (Å²) in [4.78, 5) is 24.2. The molecule has 6 nitrogen and oxygen atoms in total. The van der Waals surface area contributed by atoms with Gasteiger partial charge in [0.1, 0.15) is 0 Å². The zero-order chi connectivity index (χ0) is 13.8. The van der Waals surface area contributed by atoms with Crippen molar-refractivity contribution < 1.29 is 9.72 Å². The number of amides is 1.